The number of hydrogen-bond donors (Lipinski definition) is 2. The molecule has 1 fully saturated rings. The van der Waals surface area contributed by atoms with Crippen LogP contribution in [0.2, 0.25) is 0 Å². The van der Waals surface area contributed by atoms with Crippen LogP contribution in [0.15, 0.2) is 0 Å². The van der Waals surface area contributed by atoms with Gasteiger partial charge in [0.05, 0.1) is 5.54 Å². The maximum atomic E-state index is 11.7. The average Bonchev–Trinajstić information content (AvgIpc) is 2.78. The molecule has 1 rings (SSSR count). The topological polar surface area (TPSA) is 61.6 Å². The van der Waals surface area contributed by atoms with E-state index in [0.717, 1.165) is 26.1 Å². The molecule has 0 saturated carbocycles. The predicted octanol–water partition coefficient (Wildman–Crippen LogP) is 0.254. The molecule has 0 radical (unpaired) electrons. The summed E-state index contributed by atoms with van der Waals surface area (Å²) >= 11 is 0. The van der Waals surface area contributed by atoms with E-state index in [0.29, 0.717) is 12.1 Å². The summed E-state index contributed by atoms with van der Waals surface area (Å²) in [6.45, 7) is 9.04. The molecule has 0 bridgehead atoms. The fraction of sp³-hybridized carbons (Fsp3) is 0.929. The third-order valence-electron chi connectivity index (χ3n) is 4.36. The molecule has 1 saturated heterocycles. The van der Waals surface area contributed by atoms with Gasteiger partial charge in [-0.3, -0.25) is 9.69 Å². The number of primary amides is 1. The summed E-state index contributed by atoms with van der Waals surface area (Å²) in [4.78, 5) is 16.4. The number of amides is 1. The minimum absolute atomic E-state index is 0.260. The Morgan fingerprint density at radius 1 is 1.58 bits per heavy atom. The molecule has 0 spiro atoms. The Labute approximate surface area is 117 Å². The van der Waals surface area contributed by atoms with Gasteiger partial charge in [-0.05, 0) is 47.3 Å². The highest BCUT2D eigenvalue weighted by Crippen LogP contribution is 2.21. The van der Waals surface area contributed by atoms with Crippen molar-refractivity contribution in [1.82, 2.24) is 15.1 Å². The van der Waals surface area contributed by atoms with Crippen molar-refractivity contribution < 1.29 is 4.79 Å². The van der Waals surface area contributed by atoms with E-state index in [9.17, 15) is 4.79 Å². The van der Waals surface area contributed by atoms with E-state index in [1.54, 1.807) is 0 Å². The molecular formula is C14H30N4O. The summed E-state index contributed by atoms with van der Waals surface area (Å²) in [5.41, 5.74) is 4.94. The number of carbonyl (C=O) groups excluding carboxylic acids is 1. The van der Waals surface area contributed by atoms with Crippen LogP contribution < -0.4 is 11.1 Å². The van der Waals surface area contributed by atoms with Gasteiger partial charge in [0, 0.05) is 25.2 Å². The summed E-state index contributed by atoms with van der Waals surface area (Å²) < 4.78 is 0. The molecule has 19 heavy (non-hydrogen) atoms. The molecule has 5 heteroatoms. The highest BCUT2D eigenvalue weighted by molar-refractivity contribution is 5.84. The van der Waals surface area contributed by atoms with Crippen LogP contribution in [0, 0.1) is 0 Å². The number of likely N-dealkylation sites (tertiary alicyclic amines) is 1. The highest BCUT2D eigenvalue weighted by Gasteiger charge is 2.35. The normalized spacial score (nSPS) is 25.5. The monoisotopic (exact) mass is 270 g/mol. The molecule has 0 aromatic carbocycles. The number of rotatable bonds is 7. The van der Waals surface area contributed by atoms with Crippen LogP contribution in [0.3, 0.4) is 0 Å². The number of likely N-dealkylation sites (N-methyl/N-ethyl adjacent to an activating group) is 2. The van der Waals surface area contributed by atoms with E-state index in [-0.39, 0.29) is 5.91 Å². The van der Waals surface area contributed by atoms with Crippen LogP contribution in [-0.2, 0) is 4.79 Å². The van der Waals surface area contributed by atoms with Gasteiger partial charge in [0.2, 0.25) is 5.91 Å². The summed E-state index contributed by atoms with van der Waals surface area (Å²) in [6.07, 6.45) is 1.96. The smallest absolute Gasteiger partial charge is 0.237 e. The average molecular weight is 270 g/mol. The Hall–Kier alpha value is -0.650. The second-order valence-corrected chi connectivity index (χ2v) is 6.18. The minimum Gasteiger partial charge on any atom is -0.368 e. The van der Waals surface area contributed by atoms with Crippen molar-refractivity contribution in [1.29, 1.82) is 0 Å². The molecule has 0 aromatic heterocycles. The third kappa shape index (κ3) is 4.16. The molecule has 1 amide bonds. The summed E-state index contributed by atoms with van der Waals surface area (Å²) in [7, 11) is 4.26. The largest absolute Gasteiger partial charge is 0.368 e. The first-order chi connectivity index (χ1) is 8.80. The molecule has 3 atom stereocenters. The molecule has 1 aliphatic rings. The fourth-order valence-electron chi connectivity index (χ4n) is 2.96. The van der Waals surface area contributed by atoms with E-state index in [1.807, 2.05) is 13.8 Å². The maximum Gasteiger partial charge on any atom is 0.237 e. The lowest BCUT2D eigenvalue weighted by Gasteiger charge is -2.34. The second-order valence-electron chi connectivity index (χ2n) is 6.18. The molecular weight excluding hydrogens is 240 g/mol. The molecule has 5 nitrogen and oxygen atoms in total. The van der Waals surface area contributed by atoms with E-state index in [1.165, 1.54) is 6.42 Å². The van der Waals surface area contributed by atoms with Crippen molar-refractivity contribution in [3.8, 4) is 0 Å². The Balaban J connectivity index is 2.59. The zero-order valence-electron chi connectivity index (χ0n) is 13.1. The van der Waals surface area contributed by atoms with Gasteiger partial charge < -0.3 is 16.0 Å². The quantitative estimate of drug-likeness (QED) is 0.696. The highest BCUT2D eigenvalue weighted by atomic mass is 16.1. The van der Waals surface area contributed by atoms with Crippen molar-refractivity contribution in [2.24, 2.45) is 5.73 Å². The molecule has 3 unspecified atom stereocenters. The summed E-state index contributed by atoms with van der Waals surface area (Å²) in [5, 5.41) is 3.24. The molecule has 3 N–H and O–H groups in total. The van der Waals surface area contributed by atoms with Gasteiger partial charge in [0.1, 0.15) is 0 Å². The van der Waals surface area contributed by atoms with Crippen LogP contribution >= 0.6 is 0 Å². The van der Waals surface area contributed by atoms with Crippen LogP contribution in [0.1, 0.15) is 33.6 Å². The van der Waals surface area contributed by atoms with Gasteiger partial charge in [0.25, 0.3) is 0 Å². The first kappa shape index (κ1) is 16.4. The van der Waals surface area contributed by atoms with Crippen molar-refractivity contribution in [2.45, 2.75) is 51.2 Å². The molecule has 0 aromatic rings. The molecule has 112 valence electrons. The Kier molecular flexibility index (Phi) is 5.77. The fourth-order valence-corrected chi connectivity index (χ4v) is 2.96. The summed E-state index contributed by atoms with van der Waals surface area (Å²) in [6, 6.07) is 0.989. The third-order valence-corrected chi connectivity index (χ3v) is 4.36. The van der Waals surface area contributed by atoms with Gasteiger partial charge in [-0.25, -0.2) is 0 Å². The lowest BCUT2D eigenvalue weighted by Crippen LogP contribution is -2.56. The minimum atomic E-state index is -0.607. The van der Waals surface area contributed by atoms with Gasteiger partial charge in [0.15, 0.2) is 0 Å². The van der Waals surface area contributed by atoms with E-state index in [2.05, 4.69) is 36.1 Å². The number of nitrogens with zero attached hydrogens (tertiary/aromatic N) is 2. The lowest BCUT2D eigenvalue weighted by molar-refractivity contribution is -0.124. The standard InChI is InChI=1S/C14H30N4O/c1-6-16-14(3,13(15)19)9-11(2)18-8-7-12(10-18)17(4)5/h11-12,16H,6-10H2,1-5H3,(H2,15,19). The first-order valence-corrected chi connectivity index (χ1v) is 7.25. The van der Waals surface area contributed by atoms with Crippen LogP contribution in [-0.4, -0.2) is 67.1 Å². The van der Waals surface area contributed by atoms with Crippen LogP contribution in [0.4, 0.5) is 0 Å². The maximum absolute atomic E-state index is 11.7. The van der Waals surface area contributed by atoms with Crippen molar-refractivity contribution in [3.63, 3.8) is 0 Å². The van der Waals surface area contributed by atoms with Crippen molar-refractivity contribution in [2.75, 3.05) is 33.7 Å². The van der Waals surface area contributed by atoms with E-state index < -0.39 is 5.54 Å². The Morgan fingerprint density at radius 3 is 2.63 bits per heavy atom. The van der Waals surface area contributed by atoms with Crippen LogP contribution in [0.25, 0.3) is 0 Å². The van der Waals surface area contributed by atoms with Crippen molar-refractivity contribution in [3.05, 3.63) is 0 Å². The molecule has 0 aliphatic carbocycles. The zero-order chi connectivity index (χ0) is 14.6. The van der Waals surface area contributed by atoms with Gasteiger partial charge in [-0.1, -0.05) is 6.92 Å². The van der Waals surface area contributed by atoms with E-state index in [4.69, 9.17) is 5.73 Å². The number of carbonyl (C=O) groups is 1. The number of nitrogens with one attached hydrogen (secondary N) is 1. The summed E-state index contributed by atoms with van der Waals surface area (Å²) in [5.74, 6) is -0.260. The van der Waals surface area contributed by atoms with E-state index >= 15 is 0 Å². The SMILES string of the molecule is CCNC(C)(CC(C)N1CCC(N(C)C)C1)C(N)=O. The van der Waals surface area contributed by atoms with Crippen LogP contribution in [0.5, 0.6) is 0 Å². The Bertz CT molecular complexity index is 308. The second kappa shape index (κ2) is 6.68. The zero-order valence-corrected chi connectivity index (χ0v) is 13.1. The first-order valence-electron chi connectivity index (χ1n) is 7.25. The number of nitrogens with two attached hydrogens (primary N) is 1. The van der Waals surface area contributed by atoms with Gasteiger partial charge in [-0.15, -0.1) is 0 Å². The Morgan fingerprint density at radius 2 is 2.21 bits per heavy atom. The predicted molar refractivity (Wildman–Crippen MR) is 79.0 cm³/mol. The lowest BCUT2D eigenvalue weighted by atomic mass is 9.92. The molecule has 1 heterocycles. The van der Waals surface area contributed by atoms with Crippen molar-refractivity contribution >= 4 is 5.91 Å². The molecule has 1 aliphatic heterocycles. The van der Waals surface area contributed by atoms with Gasteiger partial charge in [-0.2, -0.15) is 0 Å². The van der Waals surface area contributed by atoms with Gasteiger partial charge >= 0.3 is 0 Å². The number of hydrogen-bond acceptors (Lipinski definition) is 4.